The van der Waals surface area contributed by atoms with Crippen molar-refractivity contribution in [2.75, 3.05) is 18.4 Å². The molecule has 1 heterocycles. The van der Waals surface area contributed by atoms with Crippen molar-refractivity contribution >= 4 is 23.2 Å². The lowest BCUT2D eigenvalue weighted by molar-refractivity contribution is -0.374. The number of nitrogens with zero attached hydrogens (tertiary/aromatic N) is 1. The third kappa shape index (κ3) is 3.80. The summed E-state index contributed by atoms with van der Waals surface area (Å²) in [5.41, 5.74) is 6.53. The van der Waals surface area contributed by atoms with Gasteiger partial charge in [0.1, 0.15) is 12.3 Å². The van der Waals surface area contributed by atoms with Gasteiger partial charge in [-0.2, -0.15) is 0 Å². The normalized spacial score (nSPS) is 21.1. The van der Waals surface area contributed by atoms with Gasteiger partial charge in [-0.05, 0) is 56.5 Å². The number of carboxylic acid groups (broad SMARTS) is 1. The van der Waals surface area contributed by atoms with Crippen molar-refractivity contribution in [1.29, 1.82) is 0 Å². The van der Waals surface area contributed by atoms with E-state index < -0.39 is 5.97 Å². The molecule has 0 fully saturated rings. The first kappa shape index (κ1) is 21.0. The highest BCUT2D eigenvalue weighted by Crippen LogP contribution is 2.47. The monoisotopic (exact) mass is 417 g/mol. The summed E-state index contributed by atoms with van der Waals surface area (Å²) in [7, 11) is 0. The number of allylic oxidation sites excluding steroid dienone is 2. The van der Waals surface area contributed by atoms with Gasteiger partial charge in [0.25, 0.3) is 0 Å². The Hall–Kier alpha value is -3.21. The molecular weight excluding hydrogens is 388 g/mol. The molecule has 2 atom stereocenters. The molecule has 1 aliphatic heterocycles. The minimum absolute atomic E-state index is 0.0341. The molecule has 2 aliphatic rings. The molecule has 0 radical (unpaired) electrons. The number of carbonyl (C=O) groups excluding carboxylic acids is 1. The summed E-state index contributed by atoms with van der Waals surface area (Å²) in [6.07, 6.45) is 2.85. The van der Waals surface area contributed by atoms with E-state index in [1.807, 2.05) is 19.1 Å². The van der Waals surface area contributed by atoms with Crippen molar-refractivity contribution in [3.8, 4) is 5.75 Å². The number of nitrogens with one attached hydrogen (secondary N) is 1. The van der Waals surface area contributed by atoms with E-state index in [4.69, 9.17) is 4.42 Å². The zero-order valence-corrected chi connectivity index (χ0v) is 18.5. The Morgan fingerprint density at radius 2 is 1.97 bits per heavy atom. The van der Waals surface area contributed by atoms with Crippen molar-refractivity contribution in [2.24, 2.45) is 10.9 Å². The Morgan fingerprint density at radius 1 is 1.19 bits per heavy atom. The van der Waals surface area contributed by atoms with Crippen LogP contribution in [0.15, 0.2) is 53.0 Å². The van der Waals surface area contributed by atoms with Crippen LogP contribution in [0, 0.1) is 12.8 Å². The van der Waals surface area contributed by atoms with Gasteiger partial charge in [0.2, 0.25) is 0 Å². The van der Waals surface area contributed by atoms with Gasteiger partial charge in [0.15, 0.2) is 0 Å². The minimum Gasteiger partial charge on any atom is -0.478 e. The van der Waals surface area contributed by atoms with E-state index in [-0.39, 0.29) is 11.8 Å². The molecule has 1 aliphatic carbocycles. The summed E-state index contributed by atoms with van der Waals surface area (Å²) in [5.74, 6) is 0.659. The molecule has 0 bridgehead atoms. The van der Waals surface area contributed by atoms with Gasteiger partial charge in [0.05, 0.1) is 22.9 Å². The Labute approximate surface area is 183 Å². The second-order valence-corrected chi connectivity index (χ2v) is 8.15. The third-order valence-electron chi connectivity index (χ3n) is 6.13. The topological polar surface area (TPSA) is 73.0 Å². The molecule has 2 N–H and O–H groups in total. The number of ketones is 1. The first-order valence-corrected chi connectivity index (χ1v) is 10.9. The Balaban J connectivity index is 1.97. The van der Waals surface area contributed by atoms with Crippen LogP contribution in [0.25, 0.3) is 0 Å². The largest absolute Gasteiger partial charge is 0.478 e. The summed E-state index contributed by atoms with van der Waals surface area (Å²) in [5, 5.41) is 13.3. The molecule has 0 amide bonds. The van der Waals surface area contributed by atoms with Crippen LogP contribution >= 0.6 is 0 Å². The Kier molecular flexibility index (Phi) is 5.77. The maximum atomic E-state index is 12.1. The second-order valence-electron chi connectivity index (χ2n) is 8.15. The fraction of sp³-hybridized carbons (Fsp3) is 0.346. The van der Waals surface area contributed by atoms with Crippen LogP contribution in [0.3, 0.4) is 0 Å². The van der Waals surface area contributed by atoms with Gasteiger partial charge < -0.3 is 10.4 Å². The predicted molar refractivity (Wildman–Crippen MR) is 125 cm³/mol. The third-order valence-corrected chi connectivity index (χ3v) is 6.13. The van der Waals surface area contributed by atoms with Crippen molar-refractivity contribution in [2.45, 2.75) is 40.0 Å². The van der Waals surface area contributed by atoms with Crippen LogP contribution in [-0.2, 0) is 4.42 Å². The van der Waals surface area contributed by atoms with Crippen LogP contribution in [0.5, 0.6) is 5.75 Å². The molecule has 0 saturated heterocycles. The highest BCUT2D eigenvalue weighted by Gasteiger charge is 2.46. The van der Waals surface area contributed by atoms with E-state index in [0.29, 0.717) is 12.0 Å². The molecule has 2 aromatic rings. The summed E-state index contributed by atoms with van der Waals surface area (Å²) in [6, 6.07) is 11.5. The average molecular weight is 418 g/mol. The van der Waals surface area contributed by atoms with Crippen molar-refractivity contribution in [3.05, 3.63) is 70.3 Å². The highest BCUT2D eigenvalue weighted by atomic mass is 16.4. The van der Waals surface area contributed by atoms with Crippen LogP contribution in [0.1, 0.15) is 60.2 Å². The van der Waals surface area contributed by atoms with Gasteiger partial charge in [-0.15, -0.1) is 0 Å². The van der Waals surface area contributed by atoms with Gasteiger partial charge in [-0.25, -0.2) is 9.22 Å². The number of hydrogen-bond acceptors (Lipinski definition) is 3. The van der Waals surface area contributed by atoms with Crippen LogP contribution < -0.4 is 5.32 Å². The maximum absolute atomic E-state index is 12.1. The molecule has 0 aromatic heterocycles. The van der Waals surface area contributed by atoms with Crippen molar-refractivity contribution in [1.82, 2.24) is 0 Å². The molecular formula is C26H29N2O3+. The van der Waals surface area contributed by atoms with E-state index in [9.17, 15) is 9.90 Å². The van der Waals surface area contributed by atoms with E-state index in [1.165, 1.54) is 0 Å². The quantitative estimate of drug-likeness (QED) is 0.630. The molecule has 2 aromatic carbocycles. The number of carboxylic acids is 1. The lowest BCUT2D eigenvalue weighted by atomic mass is 9.71. The molecule has 160 valence electrons. The summed E-state index contributed by atoms with van der Waals surface area (Å²) >= 11 is 0. The van der Waals surface area contributed by atoms with E-state index in [2.05, 4.69) is 49.3 Å². The predicted octanol–water partition coefficient (Wildman–Crippen LogP) is 5.52. The Morgan fingerprint density at radius 3 is 2.68 bits per heavy atom. The van der Waals surface area contributed by atoms with Crippen molar-refractivity contribution in [3.63, 3.8) is 0 Å². The standard InChI is InChI=1S/C26H28N2O3/c1-5-27-21-13-23-19(11-15(21)3)25(17-9-7-8-10-18(17)26(29)30)20-12-16(4)22(28-6-2)14-24(20)31-23/h7-13,20,25,27H,5-6,14H2,1-4H3/p+1/t20-,25-/m1/s1. The number of hydrogen-bond donors (Lipinski definition) is 2. The van der Waals surface area contributed by atoms with Gasteiger partial charge in [0, 0.05) is 24.7 Å². The summed E-state index contributed by atoms with van der Waals surface area (Å²) in [6.45, 7) is 9.81. The maximum Gasteiger partial charge on any atom is 0.358 e. The van der Waals surface area contributed by atoms with Gasteiger partial charge in [-0.1, -0.05) is 24.3 Å². The molecule has 5 heteroatoms. The first-order chi connectivity index (χ1) is 14.9. The highest BCUT2D eigenvalue weighted by molar-refractivity contribution is 6.15. The number of aliphatic imine (C=N–C) groups is 1. The van der Waals surface area contributed by atoms with Crippen LogP contribution in [0.4, 0.5) is 5.69 Å². The second kappa shape index (κ2) is 8.50. The molecule has 31 heavy (non-hydrogen) atoms. The number of carbonyl (C=O) groups is 1. The fourth-order valence-corrected chi connectivity index (χ4v) is 4.72. The first-order valence-electron chi connectivity index (χ1n) is 10.9. The van der Waals surface area contributed by atoms with Gasteiger partial charge >= 0.3 is 17.5 Å². The molecule has 0 unspecified atom stereocenters. The lowest BCUT2D eigenvalue weighted by Gasteiger charge is -2.29. The molecule has 0 saturated carbocycles. The van der Waals surface area contributed by atoms with Gasteiger partial charge in [-0.3, -0.25) is 4.99 Å². The number of rotatable bonds is 5. The van der Waals surface area contributed by atoms with E-state index in [0.717, 1.165) is 58.3 Å². The van der Waals surface area contributed by atoms with E-state index >= 15 is 0 Å². The molecule has 0 spiro atoms. The minimum atomic E-state index is -0.907. The SMILES string of the molecule is CCN=C1CC2=[O+]c3cc(NCC)c(C)cc3[C@@H](c3ccccc3C(=O)O)[C@@H]2C=C1C. The number of benzene rings is 2. The number of anilines is 1. The van der Waals surface area contributed by atoms with Crippen LogP contribution in [0.2, 0.25) is 0 Å². The number of fused-ring (bicyclic) bond motifs is 2. The van der Waals surface area contributed by atoms with Crippen LogP contribution in [-0.4, -0.2) is 35.7 Å². The zero-order chi connectivity index (χ0) is 22.1. The summed E-state index contributed by atoms with van der Waals surface area (Å²) < 4.78 is 6.46. The fourth-order valence-electron chi connectivity index (χ4n) is 4.72. The Bertz CT molecular complexity index is 1130. The molecule has 4 rings (SSSR count). The summed E-state index contributed by atoms with van der Waals surface area (Å²) in [4.78, 5) is 16.7. The average Bonchev–Trinajstić information content (AvgIpc) is 2.74. The number of aryl methyl sites for hydroxylation is 1. The number of aromatic carboxylic acids is 1. The smallest absolute Gasteiger partial charge is 0.358 e. The van der Waals surface area contributed by atoms with Crippen molar-refractivity contribution < 1.29 is 14.3 Å². The lowest BCUT2D eigenvalue weighted by Crippen LogP contribution is -2.33. The zero-order valence-electron chi connectivity index (χ0n) is 18.5. The molecule has 5 nitrogen and oxygen atoms in total. The van der Waals surface area contributed by atoms with E-state index in [1.54, 1.807) is 12.1 Å².